The molecule has 19 heavy (non-hydrogen) atoms. The highest BCUT2D eigenvalue weighted by atomic mass is 32.2. The standard InChI is InChI=1S/C13H23N3O2S/c1-4-5-6-7-8-9-10-19-13-15-11(17-2)14-12(16-13)18-3/h4-10H2,1-3H3. The van der Waals surface area contributed by atoms with E-state index in [9.17, 15) is 0 Å². The maximum Gasteiger partial charge on any atom is 0.323 e. The minimum atomic E-state index is 0.303. The molecule has 1 heterocycles. The molecule has 0 spiro atoms. The highest BCUT2D eigenvalue weighted by Gasteiger charge is 2.07. The highest BCUT2D eigenvalue weighted by molar-refractivity contribution is 7.99. The average molecular weight is 285 g/mol. The lowest BCUT2D eigenvalue weighted by Gasteiger charge is -2.04. The summed E-state index contributed by atoms with van der Waals surface area (Å²) in [4.78, 5) is 12.3. The smallest absolute Gasteiger partial charge is 0.323 e. The molecule has 108 valence electrons. The van der Waals surface area contributed by atoms with Crippen molar-refractivity contribution in [3.63, 3.8) is 0 Å². The number of thioether (sulfide) groups is 1. The Hall–Kier alpha value is -1.04. The second kappa shape index (κ2) is 9.83. The second-order valence-corrected chi connectivity index (χ2v) is 5.27. The van der Waals surface area contributed by atoms with Crippen LogP contribution in [-0.4, -0.2) is 34.9 Å². The van der Waals surface area contributed by atoms with Crippen molar-refractivity contribution in [2.24, 2.45) is 0 Å². The number of ether oxygens (including phenoxy) is 2. The molecule has 0 aliphatic heterocycles. The number of methoxy groups -OCH3 is 2. The summed E-state index contributed by atoms with van der Waals surface area (Å²) in [5.74, 6) is 1.02. The Bertz CT molecular complexity index is 341. The highest BCUT2D eigenvalue weighted by Crippen LogP contribution is 2.20. The Kier molecular flexibility index (Phi) is 8.29. The summed E-state index contributed by atoms with van der Waals surface area (Å²) in [5.41, 5.74) is 0. The Balaban J connectivity index is 2.28. The molecule has 0 radical (unpaired) electrons. The Morgan fingerprint density at radius 1 is 0.842 bits per heavy atom. The van der Waals surface area contributed by atoms with Crippen LogP contribution in [0, 0.1) is 0 Å². The van der Waals surface area contributed by atoms with Crippen LogP contribution in [0.15, 0.2) is 5.16 Å². The summed E-state index contributed by atoms with van der Waals surface area (Å²) in [6.07, 6.45) is 7.75. The van der Waals surface area contributed by atoms with E-state index in [0.717, 1.165) is 5.75 Å². The van der Waals surface area contributed by atoms with E-state index in [1.54, 1.807) is 11.8 Å². The van der Waals surface area contributed by atoms with Crippen molar-refractivity contribution in [1.29, 1.82) is 0 Å². The molecule has 1 aromatic heterocycles. The van der Waals surface area contributed by atoms with Crippen LogP contribution in [0.2, 0.25) is 0 Å². The Morgan fingerprint density at radius 3 is 2.00 bits per heavy atom. The van der Waals surface area contributed by atoms with Gasteiger partial charge in [0.15, 0.2) is 5.16 Å². The van der Waals surface area contributed by atoms with Gasteiger partial charge >= 0.3 is 12.0 Å². The molecule has 0 bridgehead atoms. The van der Waals surface area contributed by atoms with Gasteiger partial charge in [-0.15, -0.1) is 4.98 Å². The Morgan fingerprint density at radius 2 is 1.42 bits per heavy atom. The zero-order valence-corrected chi connectivity index (χ0v) is 12.8. The van der Waals surface area contributed by atoms with Gasteiger partial charge in [-0.3, -0.25) is 0 Å². The summed E-state index contributed by atoms with van der Waals surface area (Å²) in [6.45, 7) is 2.23. The number of hydrogen-bond donors (Lipinski definition) is 0. The van der Waals surface area contributed by atoms with Crippen molar-refractivity contribution in [3.8, 4) is 12.0 Å². The van der Waals surface area contributed by atoms with Crippen LogP contribution >= 0.6 is 11.8 Å². The van der Waals surface area contributed by atoms with Crippen molar-refractivity contribution in [2.45, 2.75) is 50.6 Å². The van der Waals surface area contributed by atoms with Gasteiger partial charge in [0.1, 0.15) is 0 Å². The molecule has 0 fully saturated rings. The largest absolute Gasteiger partial charge is 0.467 e. The van der Waals surface area contributed by atoms with E-state index in [0.29, 0.717) is 17.2 Å². The van der Waals surface area contributed by atoms with Crippen molar-refractivity contribution in [3.05, 3.63) is 0 Å². The van der Waals surface area contributed by atoms with Crippen LogP contribution in [-0.2, 0) is 0 Å². The molecule has 0 atom stereocenters. The molecule has 1 aromatic rings. The minimum absolute atomic E-state index is 0.303. The number of unbranched alkanes of at least 4 members (excludes halogenated alkanes) is 5. The molecule has 0 amide bonds. The molecule has 6 heteroatoms. The van der Waals surface area contributed by atoms with E-state index < -0.39 is 0 Å². The SMILES string of the molecule is CCCCCCCCSc1nc(OC)nc(OC)n1. The van der Waals surface area contributed by atoms with Gasteiger partial charge in [0, 0.05) is 5.75 Å². The van der Waals surface area contributed by atoms with E-state index in [2.05, 4.69) is 21.9 Å². The van der Waals surface area contributed by atoms with E-state index in [1.165, 1.54) is 52.7 Å². The first-order chi connectivity index (χ1) is 9.30. The van der Waals surface area contributed by atoms with Crippen molar-refractivity contribution < 1.29 is 9.47 Å². The summed E-state index contributed by atoms with van der Waals surface area (Å²) in [6, 6.07) is 0.606. The predicted octanol–water partition coefficient (Wildman–Crippen LogP) is 3.34. The molecule has 0 aliphatic rings. The van der Waals surface area contributed by atoms with Crippen LogP contribution in [0.4, 0.5) is 0 Å². The van der Waals surface area contributed by atoms with Gasteiger partial charge in [-0.1, -0.05) is 50.8 Å². The lowest BCUT2D eigenvalue weighted by molar-refractivity contribution is 0.332. The maximum atomic E-state index is 5.01. The molecule has 0 unspecified atom stereocenters. The van der Waals surface area contributed by atoms with Gasteiger partial charge in [0.25, 0.3) is 0 Å². The van der Waals surface area contributed by atoms with Crippen molar-refractivity contribution >= 4 is 11.8 Å². The third-order valence-electron chi connectivity index (χ3n) is 2.67. The van der Waals surface area contributed by atoms with Crippen LogP contribution in [0.1, 0.15) is 45.4 Å². The summed E-state index contributed by atoms with van der Waals surface area (Å²) >= 11 is 1.62. The third-order valence-corrected chi connectivity index (χ3v) is 3.60. The molecule has 0 aliphatic carbocycles. The van der Waals surface area contributed by atoms with Crippen molar-refractivity contribution in [2.75, 3.05) is 20.0 Å². The first-order valence-electron chi connectivity index (χ1n) is 6.77. The number of aromatic nitrogens is 3. The molecule has 5 nitrogen and oxygen atoms in total. The van der Waals surface area contributed by atoms with E-state index in [1.807, 2.05) is 0 Å². The van der Waals surface area contributed by atoms with Gasteiger partial charge in [0.2, 0.25) is 0 Å². The molecule has 0 N–H and O–H groups in total. The Labute approximate surface area is 119 Å². The lowest BCUT2D eigenvalue weighted by atomic mass is 10.1. The average Bonchev–Trinajstić information content (AvgIpc) is 2.45. The normalized spacial score (nSPS) is 10.5. The van der Waals surface area contributed by atoms with Crippen LogP contribution in [0.25, 0.3) is 0 Å². The van der Waals surface area contributed by atoms with E-state index >= 15 is 0 Å². The fraction of sp³-hybridized carbons (Fsp3) is 0.769. The quantitative estimate of drug-likeness (QED) is 0.485. The number of hydrogen-bond acceptors (Lipinski definition) is 6. The fourth-order valence-corrected chi connectivity index (χ4v) is 2.43. The minimum Gasteiger partial charge on any atom is -0.467 e. The maximum absolute atomic E-state index is 5.01. The van der Waals surface area contributed by atoms with Crippen LogP contribution in [0.3, 0.4) is 0 Å². The first kappa shape index (κ1) is 16.0. The molecule has 1 rings (SSSR count). The second-order valence-electron chi connectivity index (χ2n) is 4.21. The van der Waals surface area contributed by atoms with Crippen LogP contribution < -0.4 is 9.47 Å². The van der Waals surface area contributed by atoms with E-state index in [-0.39, 0.29) is 0 Å². The first-order valence-corrected chi connectivity index (χ1v) is 7.75. The van der Waals surface area contributed by atoms with Gasteiger partial charge in [0.05, 0.1) is 14.2 Å². The summed E-state index contributed by atoms with van der Waals surface area (Å²) in [5, 5.41) is 0.664. The molecular weight excluding hydrogens is 262 g/mol. The molecule has 0 aromatic carbocycles. The third kappa shape index (κ3) is 6.61. The number of nitrogens with zero attached hydrogens (tertiary/aromatic N) is 3. The van der Waals surface area contributed by atoms with Gasteiger partial charge in [-0.05, 0) is 6.42 Å². The van der Waals surface area contributed by atoms with Crippen molar-refractivity contribution in [1.82, 2.24) is 15.0 Å². The molecular formula is C13H23N3O2S. The van der Waals surface area contributed by atoms with Gasteiger partial charge < -0.3 is 9.47 Å². The summed E-state index contributed by atoms with van der Waals surface area (Å²) < 4.78 is 10.0. The monoisotopic (exact) mass is 285 g/mol. The van der Waals surface area contributed by atoms with Gasteiger partial charge in [-0.25, -0.2) is 0 Å². The van der Waals surface area contributed by atoms with Gasteiger partial charge in [-0.2, -0.15) is 9.97 Å². The molecule has 0 saturated carbocycles. The number of rotatable bonds is 10. The molecule has 0 saturated heterocycles. The lowest BCUT2D eigenvalue weighted by Crippen LogP contribution is -2.00. The fourth-order valence-electron chi connectivity index (χ4n) is 1.61. The zero-order chi connectivity index (χ0) is 13.9. The van der Waals surface area contributed by atoms with E-state index in [4.69, 9.17) is 9.47 Å². The summed E-state index contributed by atoms with van der Waals surface area (Å²) in [7, 11) is 3.08. The zero-order valence-electron chi connectivity index (χ0n) is 12.0. The predicted molar refractivity (Wildman–Crippen MR) is 77.0 cm³/mol. The topological polar surface area (TPSA) is 57.1 Å². The van der Waals surface area contributed by atoms with Crippen LogP contribution in [0.5, 0.6) is 12.0 Å².